The highest BCUT2D eigenvalue weighted by atomic mass is 28.3. The van der Waals surface area contributed by atoms with Gasteiger partial charge in [0.1, 0.15) is 24.3 Å². The Morgan fingerprint density at radius 3 is 2.49 bits per heavy atom. The Kier molecular flexibility index (Phi) is 7.14. The van der Waals surface area contributed by atoms with Crippen molar-refractivity contribution in [3.8, 4) is 22.8 Å². The second-order valence-electron chi connectivity index (χ2n) is 10.0. The first-order chi connectivity index (χ1) is 16.7. The predicted molar refractivity (Wildman–Crippen MR) is 138 cm³/mol. The van der Waals surface area contributed by atoms with Gasteiger partial charge in [0.05, 0.1) is 11.3 Å². The van der Waals surface area contributed by atoms with E-state index >= 15 is 0 Å². The SMILES string of the molecule is Cc1c2c(c(-c3ccccc3Oc3ccccc3)n1COCC[Si](C)(C)C)CC(C(=O)O)NC2=O. The average Bonchev–Trinajstić information content (AvgIpc) is 3.09. The molecular formula is C27H32N2O5Si. The van der Waals surface area contributed by atoms with Crippen LogP contribution in [0.15, 0.2) is 54.6 Å². The molecule has 2 N–H and O–H groups in total. The van der Waals surface area contributed by atoms with Crippen molar-refractivity contribution in [1.82, 2.24) is 9.88 Å². The third kappa shape index (κ3) is 5.49. The largest absolute Gasteiger partial charge is 0.480 e. The van der Waals surface area contributed by atoms with Gasteiger partial charge >= 0.3 is 5.97 Å². The number of carboxylic acid groups (broad SMARTS) is 1. The average molecular weight is 493 g/mol. The summed E-state index contributed by atoms with van der Waals surface area (Å²) in [6, 6.07) is 17.2. The van der Waals surface area contributed by atoms with Crippen molar-refractivity contribution in [3.05, 3.63) is 71.4 Å². The first-order valence-corrected chi connectivity index (χ1v) is 15.5. The van der Waals surface area contributed by atoms with Gasteiger partial charge in [0, 0.05) is 32.4 Å². The normalized spacial score (nSPS) is 15.4. The maximum absolute atomic E-state index is 13.0. The minimum atomic E-state index is -1.26. The number of carboxylic acids is 1. The van der Waals surface area contributed by atoms with Crippen LogP contribution >= 0.6 is 0 Å². The molecule has 1 aliphatic heterocycles. The maximum Gasteiger partial charge on any atom is 0.326 e. The lowest BCUT2D eigenvalue weighted by Crippen LogP contribution is -2.46. The van der Waals surface area contributed by atoms with E-state index in [0.717, 1.165) is 23.0 Å². The second-order valence-corrected chi connectivity index (χ2v) is 15.7. The van der Waals surface area contributed by atoms with E-state index in [1.54, 1.807) is 0 Å². The van der Waals surface area contributed by atoms with E-state index in [1.165, 1.54) is 0 Å². The number of aliphatic carboxylic acids is 1. The number of rotatable bonds is 9. The van der Waals surface area contributed by atoms with Crippen LogP contribution in [-0.4, -0.2) is 42.3 Å². The molecule has 1 atom stereocenters. The Labute approximate surface area is 206 Å². The van der Waals surface area contributed by atoms with Crippen molar-refractivity contribution in [3.63, 3.8) is 0 Å². The van der Waals surface area contributed by atoms with E-state index in [-0.39, 0.29) is 19.1 Å². The molecule has 1 amide bonds. The first kappa shape index (κ1) is 24.8. The fourth-order valence-corrected chi connectivity index (χ4v) is 5.06. The number of amides is 1. The molecule has 4 rings (SSSR count). The number of hydrogen-bond donors (Lipinski definition) is 2. The Hall–Kier alpha value is -3.36. The number of hydrogen-bond acceptors (Lipinski definition) is 4. The van der Waals surface area contributed by atoms with Gasteiger partial charge in [-0.1, -0.05) is 50.0 Å². The maximum atomic E-state index is 13.0. The number of aromatic nitrogens is 1. The van der Waals surface area contributed by atoms with E-state index in [4.69, 9.17) is 9.47 Å². The fourth-order valence-electron chi connectivity index (χ4n) is 4.31. The molecule has 35 heavy (non-hydrogen) atoms. The highest BCUT2D eigenvalue weighted by Crippen LogP contribution is 2.40. The van der Waals surface area contributed by atoms with Crippen LogP contribution in [0.4, 0.5) is 0 Å². The lowest BCUT2D eigenvalue weighted by atomic mass is 9.93. The topological polar surface area (TPSA) is 89.8 Å². The molecule has 3 aromatic rings. The molecule has 1 aromatic heterocycles. The number of para-hydroxylation sites is 2. The van der Waals surface area contributed by atoms with Gasteiger partial charge in [-0.15, -0.1) is 0 Å². The molecule has 0 aliphatic carbocycles. The molecule has 1 aliphatic rings. The number of carbonyl (C=O) groups excluding carboxylic acids is 1. The van der Waals surface area contributed by atoms with E-state index in [1.807, 2.05) is 66.1 Å². The summed E-state index contributed by atoms with van der Waals surface area (Å²) < 4.78 is 14.3. The van der Waals surface area contributed by atoms with Crippen LogP contribution in [0.3, 0.4) is 0 Å². The summed E-state index contributed by atoms with van der Waals surface area (Å²) in [7, 11) is -1.26. The standard InChI is InChI=1S/C27H32N2O5Si/c1-18-24-21(16-22(27(31)32)28-26(24)30)25(29(18)17-33-14-15-35(2,3)4)20-12-8-9-13-23(20)34-19-10-6-5-7-11-19/h5-13,22H,14-17H2,1-4H3,(H,28,30)(H,31,32). The van der Waals surface area contributed by atoms with Gasteiger partial charge < -0.3 is 24.5 Å². The summed E-state index contributed by atoms with van der Waals surface area (Å²) in [5, 5.41) is 12.3. The van der Waals surface area contributed by atoms with Crippen LogP contribution in [0.5, 0.6) is 11.5 Å². The molecule has 0 bridgehead atoms. The summed E-state index contributed by atoms with van der Waals surface area (Å²) in [5.74, 6) is -0.114. The van der Waals surface area contributed by atoms with Crippen molar-refractivity contribution in [2.75, 3.05) is 6.61 Å². The van der Waals surface area contributed by atoms with Gasteiger partial charge in [-0.25, -0.2) is 4.79 Å². The van der Waals surface area contributed by atoms with Crippen LogP contribution in [0, 0.1) is 6.92 Å². The summed E-state index contributed by atoms with van der Waals surface area (Å²) in [5.41, 5.74) is 3.52. The molecule has 2 heterocycles. The van der Waals surface area contributed by atoms with Gasteiger partial charge in [-0.05, 0) is 42.8 Å². The van der Waals surface area contributed by atoms with Crippen LogP contribution in [0.25, 0.3) is 11.3 Å². The first-order valence-electron chi connectivity index (χ1n) is 11.8. The van der Waals surface area contributed by atoms with Crippen molar-refractivity contribution in [2.45, 2.75) is 51.8 Å². The third-order valence-electron chi connectivity index (χ3n) is 6.19. The molecule has 0 fully saturated rings. The molecule has 1 unspecified atom stereocenters. The smallest absolute Gasteiger partial charge is 0.326 e. The summed E-state index contributed by atoms with van der Waals surface area (Å²) in [4.78, 5) is 24.8. The minimum absolute atomic E-state index is 0.189. The van der Waals surface area contributed by atoms with Crippen molar-refractivity contribution >= 4 is 20.0 Å². The van der Waals surface area contributed by atoms with Gasteiger partial charge in [0.25, 0.3) is 5.91 Å². The number of nitrogens with zero attached hydrogens (tertiary/aromatic N) is 1. The lowest BCUT2D eigenvalue weighted by Gasteiger charge is -2.22. The summed E-state index contributed by atoms with van der Waals surface area (Å²) in [6.45, 7) is 9.68. The molecule has 0 saturated carbocycles. The molecule has 0 radical (unpaired) electrons. The predicted octanol–water partition coefficient (Wildman–Crippen LogP) is 5.31. The van der Waals surface area contributed by atoms with Crippen molar-refractivity contribution in [1.29, 1.82) is 0 Å². The second kappa shape index (κ2) is 10.1. The van der Waals surface area contributed by atoms with Crippen molar-refractivity contribution in [2.24, 2.45) is 0 Å². The summed E-state index contributed by atoms with van der Waals surface area (Å²) >= 11 is 0. The molecule has 184 valence electrons. The quantitative estimate of drug-likeness (QED) is 0.312. The van der Waals surface area contributed by atoms with Crippen LogP contribution in [0.1, 0.15) is 21.6 Å². The van der Waals surface area contributed by atoms with Crippen molar-refractivity contribution < 1.29 is 24.2 Å². The zero-order chi connectivity index (χ0) is 25.2. The molecule has 8 heteroatoms. The Balaban J connectivity index is 1.80. The Morgan fingerprint density at radius 2 is 1.80 bits per heavy atom. The highest BCUT2D eigenvalue weighted by molar-refractivity contribution is 6.76. The Morgan fingerprint density at radius 1 is 1.11 bits per heavy atom. The molecular weight excluding hydrogens is 460 g/mol. The van der Waals surface area contributed by atoms with E-state index < -0.39 is 20.1 Å². The van der Waals surface area contributed by atoms with Gasteiger partial charge in [0.15, 0.2) is 0 Å². The summed E-state index contributed by atoms with van der Waals surface area (Å²) in [6.07, 6.45) is 0.189. The van der Waals surface area contributed by atoms with Gasteiger partial charge in [0.2, 0.25) is 0 Å². The molecule has 7 nitrogen and oxygen atoms in total. The number of nitrogens with one attached hydrogen (secondary N) is 1. The minimum Gasteiger partial charge on any atom is -0.480 e. The zero-order valence-electron chi connectivity index (χ0n) is 20.6. The van der Waals surface area contributed by atoms with Gasteiger partial charge in [-0.3, -0.25) is 4.79 Å². The molecule has 0 spiro atoms. The number of ether oxygens (including phenoxy) is 2. The number of benzene rings is 2. The third-order valence-corrected chi connectivity index (χ3v) is 7.90. The fraction of sp³-hybridized carbons (Fsp3) is 0.333. The Bertz CT molecular complexity index is 1230. The molecule has 0 saturated heterocycles. The molecule has 2 aromatic carbocycles. The van der Waals surface area contributed by atoms with E-state index in [0.29, 0.717) is 29.2 Å². The number of fused-ring (bicyclic) bond motifs is 1. The van der Waals surface area contributed by atoms with Crippen LogP contribution < -0.4 is 10.1 Å². The number of carbonyl (C=O) groups is 2. The van der Waals surface area contributed by atoms with Gasteiger partial charge in [-0.2, -0.15) is 0 Å². The monoisotopic (exact) mass is 492 g/mol. The zero-order valence-corrected chi connectivity index (χ0v) is 21.6. The van der Waals surface area contributed by atoms with Crippen LogP contribution in [-0.2, 0) is 22.7 Å². The van der Waals surface area contributed by atoms with Crippen LogP contribution in [0.2, 0.25) is 25.7 Å². The highest BCUT2D eigenvalue weighted by Gasteiger charge is 2.36. The lowest BCUT2D eigenvalue weighted by molar-refractivity contribution is -0.139. The van der Waals surface area contributed by atoms with E-state index in [9.17, 15) is 14.7 Å². The van der Waals surface area contributed by atoms with E-state index in [2.05, 4.69) is 25.0 Å².